The van der Waals surface area contributed by atoms with E-state index in [0.717, 1.165) is 13.0 Å². The van der Waals surface area contributed by atoms with E-state index in [1.807, 2.05) is 0 Å². The smallest absolute Gasteiger partial charge is 0.0459 e. The number of H-pyrrole nitrogens is 1. The van der Waals surface area contributed by atoms with Gasteiger partial charge in [0.1, 0.15) is 0 Å². The lowest BCUT2D eigenvalue weighted by Crippen LogP contribution is -2.12. The minimum Gasteiger partial charge on any atom is -0.357 e. The lowest BCUT2D eigenvalue weighted by Gasteiger charge is -2.11. The van der Waals surface area contributed by atoms with Crippen LogP contribution in [-0.4, -0.2) is 24.0 Å². The first-order valence-electron chi connectivity index (χ1n) is 7.01. The zero-order chi connectivity index (χ0) is 13.9. The van der Waals surface area contributed by atoms with E-state index < -0.39 is 0 Å². The maximum Gasteiger partial charge on any atom is 0.0459 e. The maximum absolute atomic E-state index is 3.57. The van der Waals surface area contributed by atoms with Crippen LogP contribution < -0.4 is 0 Å². The fourth-order valence-corrected chi connectivity index (χ4v) is 2.71. The van der Waals surface area contributed by atoms with E-state index >= 15 is 0 Å². The molecule has 2 nitrogen and oxygen atoms in total. The largest absolute Gasteiger partial charge is 0.357 e. The fourth-order valence-electron chi connectivity index (χ4n) is 2.71. The number of hydrogen-bond acceptors (Lipinski definition) is 1. The quantitative estimate of drug-likeness (QED) is 0.759. The molecule has 0 aliphatic carbocycles. The highest BCUT2D eigenvalue weighted by Crippen LogP contribution is 2.25. The molecule has 20 heavy (non-hydrogen) atoms. The second kappa shape index (κ2) is 5.51. The predicted octanol–water partition coefficient (Wildman–Crippen LogP) is 3.82. The molecular formula is C18H20N2. The van der Waals surface area contributed by atoms with Crippen molar-refractivity contribution >= 4 is 10.9 Å². The summed E-state index contributed by atoms with van der Waals surface area (Å²) < 4.78 is 0. The molecule has 0 saturated heterocycles. The first-order valence-corrected chi connectivity index (χ1v) is 7.01. The third-order valence-corrected chi connectivity index (χ3v) is 3.60. The molecule has 0 spiro atoms. The summed E-state index contributed by atoms with van der Waals surface area (Å²) in [7, 11) is 4.22. The predicted molar refractivity (Wildman–Crippen MR) is 84.9 cm³/mol. The molecule has 0 radical (unpaired) electrons. The number of rotatable bonds is 4. The Labute approximate surface area is 120 Å². The molecule has 0 aliphatic rings. The standard InChI is InChI=1S/C18H20N2/c1-20(2)13-18-16(12-14-8-4-3-5-9-14)15-10-6-7-11-17(15)19-18/h3-11,19H,12-13H2,1-2H3. The van der Waals surface area contributed by atoms with Crippen LogP contribution in [-0.2, 0) is 13.0 Å². The van der Waals surface area contributed by atoms with Gasteiger partial charge < -0.3 is 9.88 Å². The number of fused-ring (bicyclic) bond motifs is 1. The summed E-state index contributed by atoms with van der Waals surface area (Å²) >= 11 is 0. The van der Waals surface area contributed by atoms with Crippen LogP contribution in [0.1, 0.15) is 16.8 Å². The number of hydrogen-bond donors (Lipinski definition) is 1. The van der Waals surface area contributed by atoms with Crippen LogP contribution in [0.25, 0.3) is 10.9 Å². The summed E-state index contributed by atoms with van der Waals surface area (Å²) in [5, 5.41) is 1.34. The van der Waals surface area contributed by atoms with Gasteiger partial charge in [-0.05, 0) is 37.7 Å². The van der Waals surface area contributed by atoms with Crippen LogP contribution in [0, 0.1) is 0 Å². The Morgan fingerprint density at radius 3 is 2.35 bits per heavy atom. The normalized spacial score (nSPS) is 11.3. The lowest BCUT2D eigenvalue weighted by atomic mass is 10.0. The highest BCUT2D eigenvalue weighted by Gasteiger charge is 2.12. The maximum atomic E-state index is 3.57. The molecule has 1 aromatic heterocycles. The van der Waals surface area contributed by atoms with Gasteiger partial charge in [-0.1, -0.05) is 48.5 Å². The van der Waals surface area contributed by atoms with Crippen molar-refractivity contribution in [3.8, 4) is 0 Å². The Balaban J connectivity index is 2.06. The van der Waals surface area contributed by atoms with Crippen molar-refractivity contribution in [3.63, 3.8) is 0 Å². The number of nitrogens with zero attached hydrogens (tertiary/aromatic N) is 1. The van der Waals surface area contributed by atoms with E-state index in [9.17, 15) is 0 Å². The molecule has 0 atom stereocenters. The van der Waals surface area contributed by atoms with Crippen molar-refractivity contribution in [2.45, 2.75) is 13.0 Å². The van der Waals surface area contributed by atoms with E-state index in [4.69, 9.17) is 0 Å². The minimum absolute atomic E-state index is 0.941. The third kappa shape index (κ3) is 2.61. The molecule has 0 aliphatic heterocycles. The second-order valence-electron chi connectivity index (χ2n) is 5.53. The monoisotopic (exact) mass is 264 g/mol. The van der Waals surface area contributed by atoms with E-state index in [1.165, 1.54) is 27.7 Å². The number of para-hydroxylation sites is 1. The molecule has 1 N–H and O–H groups in total. The average Bonchev–Trinajstić information content (AvgIpc) is 2.77. The molecule has 3 rings (SSSR count). The van der Waals surface area contributed by atoms with Gasteiger partial charge >= 0.3 is 0 Å². The Morgan fingerprint density at radius 1 is 0.900 bits per heavy atom. The summed E-state index contributed by atoms with van der Waals surface area (Å²) in [5.41, 5.74) is 5.33. The van der Waals surface area contributed by atoms with Gasteiger partial charge in [-0.3, -0.25) is 0 Å². The lowest BCUT2D eigenvalue weighted by molar-refractivity contribution is 0.397. The van der Waals surface area contributed by atoms with E-state index in [1.54, 1.807) is 0 Å². The zero-order valence-electron chi connectivity index (χ0n) is 12.1. The van der Waals surface area contributed by atoms with Crippen molar-refractivity contribution in [2.75, 3.05) is 14.1 Å². The highest BCUT2D eigenvalue weighted by molar-refractivity contribution is 5.85. The van der Waals surface area contributed by atoms with Crippen LogP contribution >= 0.6 is 0 Å². The van der Waals surface area contributed by atoms with E-state index in [2.05, 4.69) is 78.6 Å². The molecule has 1 heterocycles. The van der Waals surface area contributed by atoms with E-state index in [0.29, 0.717) is 0 Å². The van der Waals surface area contributed by atoms with Crippen LogP contribution in [0.4, 0.5) is 0 Å². The van der Waals surface area contributed by atoms with Gasteiger partial charge in [0.15, 0.2) is 0 Å². The molecule has 102 valence electrons. The van der Waals surface area contributed by atoms with Gasteiger partial charge in [0.2, 0.25) is 0 Å². The third-order valence-electron chi connectivity index (χ3n) is 3.60. The van der Waals surface area contributed by atoms with Crippen LogP contribution in [0.2, 0.25) is 0 Å². The Kier molecular flexibility index (Phi) is 3.57. The molecule has 2 aromatic carbocycles. The molecule has 0 unspecified atom stereocenters. The summed E-state index contributed by atoms with van der Waals surface area (Å²) in [5.74, 6) is 0. The molecule has 0 bridgehead atoms. The van der Waals surface area contributed by atoms with Gasteiger partial charge in [-0.25, -0.2) is 0 Å². The molecular weight excluding hydrogens is 244 g/mol. The van der Waals surface area contributed by atoms with Crippen molar-refractivity contribution in [3.05, 3.63) is 71.4 Å². The molecule has 0 amide bonds. The van der Waals surface area contributed by atoms with Gasteiger partial charge in [-0.2, -0.15) is 0 Å². The summed E-state index contributed by atoms with van der Waals surface area (Å²) in [6.07, 6.45) is 0.980. The van der Waals surface area contributed by atoms with Gasteiger partial charge in [0.05, 0.1) is 0 Å². The first-order chi connectivity index (χ1) is 9.74. The van der Waals surface area contributed by atoms with E-state index in [-0.39, 0.29) is 0 Å². The van der Waals surface area contributed by atoms with Gasteiger partial charge in [-0.15, -0.1) is 0 Å². The highest BCUT2D eigenvalue weighted by atomic mass is 15.1. The second-order valence-corrected chi connectivity index (χ2v) is 5.53. The molecule has 0 fully saturated rings. The van der Waals surface area contributed by atoms with Crippen molar-refractivity contribution in [2.24, 2.45) is 0 Å². The molecule has 3 aromatic rings. The zero-order valence-corrected chi connectivity index (χ0v) is 12.1. The van der Waals surface area contributed by atoms with Crippen LogP contribution in [0.15, 0.2) is 54.6 Å². The number of benzene rings is 2. The summed E-state index contributed by atoms with van der Waals surface area (Å²) in [6.45, 7) is 0.941. The summed E-state index contributed by atoms with van der Waals surface area (Å²) in [4.78, 5) is 5.78. The van der Waals surface area contributed by atoms with Crippen molar-refractivity contribution in [1.29, 1.82) is 0 Å². The van der Waals surface area contributed by atoms with Crippen LogP contribution in [0.3, 0.4) is 0 Å². The van der Waals surface area contributed by atoms with Gasteiger partial charge in [0.25, 0.3) is 0 Å². The SMILES string of the molecule is CN(C)Cc1[nH]c2ccccc2c1Cc1ccccc1. The average molecular weight is 264 g/mol. The summed E-state index contributed by atoms with van der Waals surface area (Å²) in [6, 6.07) is 19.2. The minimum atomic E-state index is 0.941. The fraction of sp³-hybridized carbons (Fsp3) is 0.222. The Bertz CT molecular complexity index is 696. The van der Waals surface area contributed by atoms with Crippen LogP contribution in [0.5, 0.6) is 0 Å². The molecule has 2 heteroatoms. The number of nitrogens with one attached hydrogen (secondary N) is 1. The first kappa shape index (κ1) is 12.9. The topological polar surface area (TPSA) is 19.0 Å². The van der Waals surface area contributed by atoms with Crippen molar-refractivity contribution in [1.82, 2.24) is 9.88 Å². The van der Waals surface area contributed by atoms with Gasteiger partial charge in [0, 0.05) is 23.1 Å². The number of aromatic nitrogens is 1. The van der Waals surface area contributed by atoms with Crippen molar-refractivity contribution < 1.29 is 0 Å². The molecule has 0 saturated carbocycles. The Morgan fingerprint density at radius 2 is 1.60 bits per heavy atom. The Hall–Kier alpha value is -2.06. The number of aromatic amines is 1.